The Morgan fingerprint density at radius 2 is 1.73 bits per heavy atom. The molecule has 0 saturated carbocycles. The van der Waals surface area contributed by atoms with Crippen LogP contribution in [0, 0.1) is 0 Å². The number of hydrogen-bond donors (Lipinski definition) is 1. The molecule has 15 heavy (non-hydrogen) atoms. The lowest BCUT2D eigenvalue weighted by molar-refractivity contribution is 0.408. The summed E-state index contributed by atoms with van der Waals surface area (Å²) >= 11 is 0. The van der Waals surface area contributed by atoms with Gasteiger partial charge in [-0.3, -0.25) is 9.56 Å². The molecule has 0 aliphatic carbocycles. The third-order valence-corrected chi connectivity index (χ3v) is 2.34. The van der Waals surface area contributed by atoms with Gasteiger partial charge in [0.15, 0.2) is 0 Å². The van der Waals surface area contributed by atoms with Crippen LogP contribution in [-0.2, 0) is 10.1 Å². The lowest BCUT2D eigenvalue weighted by Crippen LogP contribution is -1.99. The van der Waals surface area contributed by atoms with E-state index in [9.17, 15) is 8.42 Å². The molecule has 7 heteroatoms. The Morgan fingerprint density at radius 3 is 2.13 bits per heavy atom. The first-order valence-corrected chi connectivity index (χ1v) is 5.50. The van der Waals surface area contributed by atoms with E-state index in [0.717, 1.165) is 0 Å². The van der Waals surface area contributed by atoms with E-state index in [4.69, 9.17) is 4.55 Å². The molecule has 1 rings (SSSR count). The van der Waals surface area contributed by atoms with Gasteiger partial charge in [0.05, 0.1) is 10.6 Å². The van der Waals surface area contributed by atoms with E-state index in [-0.39, 0.29) is 4.90 Å². The van der Waals surface area contributed by atoms with Crippen LogP contribution in [0.1, 0.15) is 0 Å². The van der Waals surface area contributed by atoms with Crippen LogP contribution in [0.3, 0.4) is 0 Å². The number of nitrogens with zero attached hydrogens (tertiary/aromatic N) is 3. The van der Waals surface area contributed by atoms with Gasteiger partial charge < -0.3 is 0 Å². The predicted molar refractivity (Wildman–Crippen MR) is 54.5 cm³/mol. The Labute approximate surface area is 88.0 Å². The first-order chi connectivity index (χ1) is 6.89. The van der Waals surface area contributed by atoms with Crippen LogP contribution in [-0.4, -0.2) is 32.1 Å². The van der Waals surface area contributed by atoms with Gasteiger partial charge in [-0.15, -0.1) is 5.11 Å². The van der Waals surface area contributed by atoms with Crippen molar-refractivity contribution in [3.8, 4) is 0 Å². The Morgan fingerprint density at radius 1 is 1.20 bits per heavy atom. The van der Waals surface area contributed by atoms with Crippen molar-refractivity contribution >= 4 is 15.8 Å². The quantitative estimate of drug-likeness (QED) is 0.483. The van der Waals surface area contributed by atoms with E-state index in [2.05, 4.69) is 10.3 Å². The maximum atomic E-state index is 10.7. The molecule has 0 spiro atoms. The zero-order valence-electron chi connectivity index (χ0n) is 8.32. The van der Waals surface area contributed by atoms with E-state index < -0.39 is 10.1 Å². The minimum Gasteiger partial charge on any atom is -0.285 e. The molecule has 1 aromatic rings. The van der Waals surface area contributed by atoms with E-state index >= 15 is 0 Å². The SMILES string of the molecule is CN(C)N=Nc1ccc(S(=O)(=O)O)cc1. The number of rotatable bonds is 3. The third-order valence-electron chi connectivity index (χ3n) is 1.47. The van der Waals surface area contributed by atoms with E-state index in [0.29, 0.717) is 5.69 Å². The zero-order valence-corrected chi connectivity index (χ0v) is 9.14. The fourth-order valence-corrected chi connectivity index (χ4v) is 1.31. The summed E-state index contributed by atoms with van der Waals surface area (Å²) < 4.78 is 30.1. The topological polar surface area (TPSA) is 82.3 Å². The summed E-state index contributed by atoms with van der Waals surface area (Å²) in [5.41, 5.74) is 0.510. The summed E-state index contributed by atoms with van der Waals surface area (Å²) in [6.07, 6.45) is 0. The predicted octanol–water partition coefficient (Wildman–Crippen LogP) is 1.49. The highest BCUT2D eigenvalue weighted by atomic mass is 32.2. The molecule has 0 heterocycles. The first kappa shape index (κ1) is 11.6. The molecule has 0 amide bonds. The summed E-state index contributed by atoms with van der Waals surface area (Å²) in [4.78, 5) is -0.161. The summed E-state index contributed by atoms with van der Waals surface area (Å²) in [7, 11) is -0.697. The van der Waals surface area contributed by atoms with Crippen LogP contribution in [0.25, 0.3) is 0 Å². The van der Waals surface area contributed by atoms with Gasteiger partial charge in [0, 0.05) is 14.1 Å². The van der Waals surface area contributed by atoms with E-state index in [1.807, 2.05) is 0 Å². The Bertz CT molecular complexity index is 451. The van der Waals surface area contributed by atoms with E-state index in [1.165, 1.54) is 29.3 Å². The molecule has 1 aromatic carbocycles. The van der Waals surface area contributed by atoms with Crippen LogP contribution in [0.2, 0.25) is 0 Å². The molecule has 0 fully saturated rings. The van der Waals surface area contributed by atoms with Crippen molar-refractivity contribution in [3.05, 3.63) is 24.3 Å². The van der Waals surface area contributed by atoms with Gasteiger partial charge in [0.25, 0.3) is 10.1 Å². The standard InChI is InChI=1S/C8H11N3O3S/c1-11(2)10-9-7-3-5-8(6-4-7)15(12,13)14/h3-6H,1-2H3,(H,12,13,14). The largest absolute Gasteiger partial charge is 0.294 e. The van der Waals surface area contributed by atoms with Crippen LogP contribution in [0.5, 0.6) is 0 Å². The first-order valence-electron chi connectivity index (χ1n) is 4.06. The molecule has 6 nitrogen and oxygen atoms in total. The normalized spacial score (nSPS) is 11.9. The fourth-order valence-electron chi connectivity index (χ4n) is 0.826. The van der Waals surface area contributed by atoms with Crippen molar-refractivity contribution in [1.29, 1.82) is 0 Å². The van der Waals surface area contributed by atoms with Crippen molar-refractivity contribution in [2.24, 2.45) is 10.3 Å². The molecular formula is C8H11N3O3S. The average Bonchev–Trinajstić information content (AvgIpc) is 2.14. The second-order valence-corrected chi connectivity index (χ2v) is 4.43. The molecular weight excluding hydrogens is 218 g/mol. The van der Waals surface area contributed by atoms with Gasteiger partial charge in [-0.25, -0.2) is 0 Å². The second kappa shape index (κ2) is 4.37. The van der Waals surface area contributed by atoms with E-state index in [1.54, 1.807) is 14.1 Å². The summed E-state index contributed by atoms with van der Waals surface area (Å²) in [6, 6.07) is 5.44. The van der Waals surface area contributed by atoms with Crippen molar-refractivity contribution in [3.63, 3.8) is 0 Å². The lowest BCUT2D eigenvalue weighted by atomic mass is 10.3. The van der Waals surface area contributed by atoms with Crippen LogP contribution in [0.15, 0.2) is 39.5 Å². The van der Waals surface area contributed by atoms with Crippen molar-refractivity contribution in [1.82, 2.24) is 5.01 Å². The minimum absolute atomic E-state index is 0.161. The highest BCUT2D eigenvalue weighted by Crippen LogP contribution is 2.16. The molecule has 0 atom stereocenters. The van der Waals surface area contributed by atoms with Crippen molar-refractivity contribution in [2.45, 2.75) is 4.90 Å². The molecule has 0 aliphatic rings. The molecule has 1 N–H and O–H groups in total. The Hall–Kier alpha value is -1.47. The zero-order chi connectivity index (χ0) is 11.5. The Kier molecular flexibility index (Phi) is 3.38. The van der Waals surface area contributed by atoms with Crippen LogP contribution < -0.4 is 0 Å². The van der Waals surface area contributed by atoms with Gasteiger partial charge in [0.1, 0.15) is 0 Å². The van der Waals surface area contributed by atoms with Gasteiger partial charge >= 0.3 is 0 Å². The summed E-state index contributed by atoms with van der Waals surface area (Å²) in [5, 5.41) is 9.05. The molecule has 0 saturated heterocycles. The number of benzene rings is 1. The molecule has 0 aliphatic heterocycles. The minimum atomic E-state index is -4.13. The number of hydrogen-bond acceptors (Lipinski definition) is 4. The smallest absolute Gasteiger partial charge is 0.285 e. The Balaban J connectivity index is 2.91. The van der Waals surface area contributed by atoms with Crippen LogP contribution >= 0.6 is 0 Å². The molecule has 82 valence electrons. The fraction of sp³-hybridized carbons (Fsp3) is 0.250. The maximum Gasteiger partial charge on any atom is 0.294 e. The highest BCUT2D eigenvalue weighted by Gasteiger charge is 2.07. The average molecular weight is 229 g/mol. The van der Waals surface area contributed by atoms with Crippen molar-refractivity contribution in [2.75, 3.05) is 14.1 Å². The van der Waals surface area contributed by atoms with Gasteiger partial charge in [-0.1, -0.05) is 5.22 Å². The lowest BCUT2D eigenvalue weighted by Gasteiger charge is -2.00. The molecule has 0 radical (unpaired) electrons. The van der Waals surface area contributed by atoms with Gasteiger partial charge in [-0.05, 0) is 24.3 Å². The molecule has 0 bridgehead atoms. The maximum absolute atomic E-state index is 10.7. The highest BCUT2D eigenvalue weighted by molar-refractivity contribution is 7.85. The van der Waals surface area contributed by atoms with Gasteiger partial charge in [0.2, 0.25) is 0 Å². The van der Waals surface area contributed by atoms with Crippen molar-refractivity contribution < 1.29 is 13.0 Å². The van der Waals surface area contributed by atoms with Gasteiger partial charge in [-0.2, -0.15) is 8.42 Å². The van der Waals surface area contributed by atoms with Crippen LogP contribution in [0.4, 0.5) is 5.69 Å². The molecule has 0 aromatic heterocycles. The summed E-state index contributed by atoms with van der Waals surface area (Å²) in [6.45, 7) is 0. The molecule has 0 unspecified atom stereocenters. The summed E-state index contributed by atoms with van der Waals surface area (Å²) in [5.74, 6) is 0. The third kappa shape index (κ3) is 3.64. The monoisotopic (exact) mass is 229 g/mol. The second-order valence-electron chi connectivity index (χ2n) is 3.01.